The lowest BCUT2D eigenvalue weighted by molar-refractivity contribution is 0.463. The van der Waals surface area contributed by atoms with Crippen LogP contribution in [0.1, 0.15) is 29.0 Å². The first-order valence-corrected chi connectivity index (χ1v) is 9.74. The summed E-state index contributed by atoms with van der Waals surface area (Å²) in [6.07, 6.45) is 7.96. The van der Waals surface area contributed by atoms with Crippen molar-refractivity contribution in [2.45, 2.75) is 42.9 Å². The largest absolute Gasteiger partial charge is 0.469 e. The van der Waals surface area contributed by atoms with Crippen LogP contribution in [-0.2, 0) is 12.8 Å². The number of fused-ring (bicyclic) bond motifs is 3. The molecule has 126 valence electrons. The molecule has 0 fully saturated rings. The Bertz CT molecular complexity index is 1070. The van der Waals surface area contributed by atoms with Crippen LogP contribution in [0.15, 0.2) is 37.7 Å². The topological polar surface area (TPSA) is 77.8 Å². The van der Waals surface area contributed by atoms with Crippen molar-refractivity contribution < 1.29 is 8.83 Å². The Morgan fingerprint density at radius 3 is 2.96 bits per heavy atom. The Balaban J connectivity index is 1.53. The van der Waals surface area contributed by atoms with Crippen LogP contribution in [0.2, 0.25) is 0 Å². The number of furan rings is 1. The summed E-state index contributed by atoms with van der Waals surface area (Å²) in [6.45, 7) is 1.87. The zero-order chi connectivity index (χ0) is 16.8. The van der Waals surface area contributed by atoms with Gasteiger partial charge in [-0.3, -0.25) is 0 Å². The molecule has 0 saturated carbocycles. The average molecular weight is 370 g/mol. The van der Waals surface area contributed by atoms with Crippen LogP contribution in [0.4, 0.5) is 0 Å². The van der Waals surface area contributed by atoms with Gasteiger partial charge in [0.05, 0.1) is 11.8 Å². The minimum Gasteiger partial charge on any atom is -0.469 e. The molecule has 5 rings (SSSR count). The number of nitrogens with zero attached hydrogens (tertiary/aromatic N) is 4. The first kappa shape index (κ1) is 15.1. The molecule has 1 aliphatic carbocycles. The lowest BCUT2D eigenvalue weighted by atomic mass is 9.97. The fourth-order valence-corrected chi connectivity index (χ4v) is 5.27. The van der Waals surface area contributed by atoms with Gasteiger partial charge < -0.3 is 8.83 Å². The summed E-state index contributed by atoms with van der Waals surface area (Å²) in [4.78, 5) is 11.4. The lowest BCUT2D eigenvalue weighted by Crippen LogP contribution is -1.98. The van der Waals surface area contributed by atoms with E-state index < -0.39 is 0 Å². The second-order valence-electron chi connectivity index (χ2n) is 5.94. The minimum absolute atomic E-state index is 0.464. The maximum atomic E-state index is 5.81. The minimum atomic E-state index is 0.464. The zero-order valence-corrected chi connectivity index (χ0v) is 15.1. The molecular formula is C17H14N4O2S2. The number of hydrogen-bond donors (Lipinski definition) is 0. The molecule has 0 radical (unpaired) electrons. The maximum Gasteiger partial charge on any atom is 0.283 e. The van der Waals surface area contributed by atoms with E-state index in [4.69, 9.17) is 8.83 Å². The van der Waals surface area contributed by atoms with Crippen molar-refractivity contribution in [3.05, 3.63) is 34.9 Å². The summed E-state index contributed by atoms with van der Waals surface area (Å²) in [5.74, 6) is 1.22. The predicted molar refractivity (Wildman–Crippen MR) is 94.9 cm³/mol. The van der Waals surface area contributed by atoms with Crippen molar-refractivity contribution in [3.8, 4) is 11.5 Å². The number of thiophene rings is 1. The summed E-state index contributed by atoms with van der Waals surface area (Å²) in [5, 5.41) is 10.8. The molecule has 0 amide bonds. The van der Waals surface area contributed by atoms with Gasteiger partial charge in [-0.05, 0) is 56.0 Å². The van der Waals surface area contributed by atoms with Gasteiger partial charge in [-0.1, -0.05) is 0 Å². The smallest absolute Gasteiger partial charge is 0.283 e. The van der Waals surface area contributed by atoms with Gasteiger partial charge in [0.25, 0.3) is 11.1 Å². The van der Waals surface area contributed by atoms with Gasteiger partial charge in [0.15, 0.2) is 0 Å². The van der Waals surface area contributed by atoms with Crippen molar-refractivity contribution in [1.29, 1.82) is 0 Å². The van der Waals surface area contributed by atoms with Crippen LogP contribution in [0.5, 0.6) is 0 Å². The van der Waals surface area contributed by atoms with E-state index in [9.17, 15) is 0 Å². The number of aryl methyl sites for hydroxylation is 3. The number of aromatic nitrogens is 4. The van der Waals surface area contributed by atoms with Gasteiger partial charge in [-0.2, -0.15) is 0 Å². The Morgan fingerprint density at radius 2 is 2.08 bits per heavy atom. The molecule has 4 aromatic heterocycles. The molecule has 8 heteroatoms. The third-order valence-corrected chi connectivity index (χ3v) is 6.44. The standard InChI is InChI=1S/C17H14N4O2S2/c1-9-10(6-7-22-9)14-20-21-17(23-14)25-16-13-11-4-2-3-5-12(11)24-15(13)18-8-19-16/h6-8H,2-5H2,1H3. The summed E-state index contributed by atoms with van der Waals surface area (Å²) in [7, 11) is 0. The highest BCUT2D eigenvalue weighted by molar-refractivity contribution is 7.99. The lowest BCUT2D eigenvalue weighted by Gasteiger charge is -2.10. The van der Waals surface area contributed by atoms with Crippen LogP contribution in [0, 0.1) is 6.92 Å². The van der Waals surface area contributed by atoms with Crippen LogP contribution in [0.25, 0.3) is 21.7 Å². The van der Waals surface area contributed by atoms with Crippen LogP contribution in [-0.4, -0.2) is 20.2 Å². The summed E-state index contributed by atoms with van der Waals surface area (Å²) in [6, 6.07) is 1.83. The summed E-state index contributed by atoms with van der Waals surface area (Å²) in [5.41, 5.74) is 2.22. The highest BCUT2D eigenvalue weighted by Gasteiger charge is 2.22. The van der Waals surface area contributed by atoms with Crippen molar-refractivity contribution >= 4 is 33.3 Å². The van der Waals surface area contributed by atoms with Crippen LogP contribution >= 0.6 is 23.1 Å². The predicted octanol–water partition coefficient (Wildman–Crippen LogP) is 4.67. The third kappa shape index (κ3) is 2.56. The van der Waals surface area contributed by atoms with Crippen molar-refractivity contribution in [2.24, 2.45) is 0 Å². The molecule has 0 spiro atoms. The van der Waals surface area contributed by atoms with E-state index in [1.54, 1.807) is 23.9 Å². The molecule has 0 unspecified atom stereocenters. The van der Waals surface area contributed by atoms with E-state index >= 15 is 0 Å². The maximum absolute atomic E-state index is 5.81. The van der Waals surface area contributed by atoms with E-state index in [1.165, 1.54) is 35.0 Å². The van der Waals surface area contributed by atoms with Gasteiger partial charge in [0.1, 0.15) is 21.9 Å². The second-order valence-corrected chi connectivity index (χ2v) is 7.96. The molecule has 0 saturated heterocycles. The third-order valence-electron chi connectivity index (χ3n) is 4.40. The van der Waals surface area contributed by atoms with Gasteiger partial charge in [-0.15, -0.1) is 21.5 Å². The molecule has 4 aromatic rings. The Morgan fingerprint density at radius 1 is 1.16 bits per heavy atom. The zero-order valence-electron chi connectivity index (χ0n) is 13.5. The highest BCUT2D eigenvalue weighted by Crippen LogP contribution is 2.41. The van der Waals surface area contributed by atoms with Gasteiger partial charge in [0, 0.05) is 10.3 Å². The Hall–Kier alpha value is -2.19. The molecule has 6 nitrogen and oxygen atoms in total. The molecule has 0 N–H and O–H groups in total. The monoisotopic (exact) mass is 370 g/mol. The normalized spacial score (nSPS) is 14.1. The average Bonchev–Trinajstić information content (AvgIpc) is 3.32. The molecule has 0 aromatic carbocycles. The molecule has 25 heavy (non-hydrogen) atoms. The SMILES string of the molecule is Cc1occc1-c1nnc(Sc2ncnc3sc4c(c23)CCCC4)o1. The molecule has 0 atom stereocenters. The summed E-state index contributed by atoms with van der Waals surface area (Å²) >= 11 is 3.19. The Labute approximate surface area is 151 Å². The van der Waals surface area contributed by atoms with Gasteiger partial charge >= 0.3 is 0 Å². The van der Waals surface area contributed by atoms with E-state index in [2.05, 4.69) is 20.2 Å². The second kappa shape index (κ2) is 5.96. The van der Waals surface area contributed by atoms with E-state index in [1.807, 2.05) is 13.0 Å². The first-order chi connectivity index (χ1) is 12.3. The highest BCUT2D eigenvalue weighted by atomic mass is 32.2. The molecular weight excluding hydrogens is 356 g/mol. The van der Waals surface area contributed by atoms with Crippen LogP contribution in [0.3, 0.4) is 0 Å². The quantitative estimate of drug-likeness (QED) is 0.485. The van der Waals surface area contributed by atoms with Gasteiger partial charge in [-0.25, -0.2) is 9.97 Å². The van der Waals surface area contributed by atoms with Crippen molar-refractivity contribution in [3.63, 3.8) is 0 Å². The fraction of sp³-hybridized carbons (Fsp3) is 0.294. The molecule has 1 aliphatic rings. The van der Waals surface area contributed by atoms with E-state index in [0.717, 1.165) is 39.4 Å². The molecule has 4 heterocycles. The van der Waals surface area contributed by atoms with Gasteiger partial charge in [0.2, 0.25) is 0 Å². The molecule has 0 bridgehead atoms. The van der Waals surface area contributed by atoms with Crippen molar-refractivity contribution in [2.75, 3.05) is 0 Å². The van der Waals surface area contributed by atoms with Crippen LogP contribution < -0.4 is 0 Å². The van der Waals surface area contributed by atoms with E-state index in [0.29, 0.717) is 11.1 Å². The number of rotatable bonds is 3. The van der Waals surface area contributed by atoms with Crippen molar-refractivity contribution in [1.82, 2.24) is 20.2 Å². The summed E-state index contributed by atoms with van der Waals surface area (Å²) < 4.78 is 11.1. The Kier molecular flexibility index (Phi) is 3.60. The number of hydrogen-bond acceptors (Lipinski definition) is 8. The molecule has 0 aliphatic heterocycles. The first-order valence-electron chi connectivity index (χ1n) is 8.10. The van der Waals surface area contributed by atoms with E-state index in [-0.39, 0.29) is 0 Å². The fourth-order valence-electron chi connectivity index (χ4n) is 3.19.